The molecular weight excluding hydrogens is 679 g/mol. The lowest BCUT2D eigenvalue weighted by molar-refractivity contribution is -0.253. The van der Waals surface area contributed by atoms with Crippen LogP contribution in [0.15, 0.2) is 36.3 Å². The molecule has 2 aromatic heterocycles. The highest BCUT2D eigenvalue weighted by Gasteiger charge is 2.72. The van der Waals surface area contributed by atoms with Crippen LogP contribution in [0.25, 0.3) is 11.4 Å². The van der Waals surface area contributed by atoms with E-state index in [1.807, 2.05) is 10.7 Å². The van der Waals surface area contributed by atoms with E-state index < -0.39 is 22.8 Å². The van der Waals surface area contributed by atoms with Crippen molar-refractivity contribution in [3.05, 3.63) is 36.3 Å². The Morgan fingerprint density at radius 3 is 2.44 bits per heavy atom. The van der Waals surface area contributed by atoms with Crippen molar-refractivity contribution in [1.29, 1.82) is 0 Å². The molecule has 3 saturated carbocycles. The summed E-state index contributed by atoms with van der Waals surface area (Å²) in [6.07, 6.45) is 10.9. The fourth-order valence-corrected chi connectivity index (χ4v) is 12.9. The molecule has 0 aromatic carbocycles. The molecule has 54 heavy (non-hydrogen) atoms. The van der Waals surface area contributed by atoms with E-state index >= 15 is 0 Å². The Kier molecular flexibility index (Phi) is 9.38. The van der Waals surface area contributed by atoms with Crippen LogP contribution in [0.5, 0.6) is 5.88 Å². The van der Waals surface area contributed by atoms with Crippen LogP contribution in [0.2, 0.25) is 0 Å². The van der Waals surface area contributed by atoms with E-state index in [4.69, 9.17) is 25.3 Å². The highest BCUT2D eigenvalue weighted by Crippen LogP contribution is 2.75. The molecule has 2 aromatic rings. The maximum atomic E-state index is 13.6. The van der Waals surface area contributed by atoms with Crippen LogP contribution in [-0.2, 0) is 14.3 Å². The van der Waals surface area contributed by atoms with E-state index in [0.717, 1.165) is 44.1 Å². The maximum Gasteiger partial charge on any atom is 0.307 e. The van der Waals surface area contributed by atoms with Gasteiger partial charge in [0.2, 0.25) is 5.88 Å². The van der Waals surface area contributed by atoms with Crippen LogP contribution in [0, 0.1) is 62.1 Å². The van der Waals surface area contributed by atoms with Gasteiger partial charge >= 0.3 is 5.97 Å². The van der Waals surface area contributed by atoms with Crippen LogP contribution in [0.1, 0.15) is 121 Å². The number of carboxylic acid groups (broad SMARTS) is 1. The summed E-state index contributed by atoms with van der Waals surface area (Å²) in [5, 5.41) is 26.5. The minimum absolute atomic E-state index is 0.0664. The third-order valence-corrected chi connectivity index (χ3v) is 17.3. The fourth-order valence-electron chi connectivity index (χ4n) is 12.9. The number of aromatic nitrogens is 4. The molecule has 7 rings (SSSR count). The lowest BCUT2D eigenvalue weighted by Crippen LogP contribution is -2.69. The van der Waals surface area contributed by atoms with Gasteiger partial charge in [-0.1, -0.05) is 80.9 Å². The summed E-state index contributed by atoms with van der Waals surface area (Å²) in [5.41, 5.74) is 6.90. The third-order valence-electron chi connectivity index (χ3n) is 17.3. The molecule has 0 amide bonds. The molecule has 5 aliphatic rings. The number of fused-ring (bicyclic) bond motifs is 3. The maximum absolute atomic E-state index is 13.6. The largest absolute Gasteiger partial charge is 0.493 e. The highest BCUT2D eigenvalue weighted by molar-refractivity contribution is 5.73. The number of pyridine rings is 1. The topological polar surface area (TPSA) is 146 Å². The highest BCUT2D eigenvalue weighted by atomic mass is 16.5. The first-order valence-corrected chi connectivity index (χ1v) is 20.5. The summed E-state index contributed by atoms with van der Waals surface area (Å²) >= 11 is 0. The first-order chi connectivity index (χ1) is 25.1. The molecule has 0 radical (unpaired) electrons. The number of nitrogens with two attached hydrogens (primary N) is 1. The van der Waals surface area contributed by atoms with Gasteiger partial charge in [0.15, 0.2) is 5.82 Å². The summed E-state index contributed by atoms with van der Waals surface area (Å²) in [4.78, 5) is 22.4. The van der Waals surface area contributed by atoms with Crippen molar-refractivity contribution in [2.75, 3.05) is 19.8 Å². The van der Waals surface area contributed by atoms with Crippen molar-refractivity contribution >= 4 is 5.97 Å². The lowest BCUT2D eigenvalue weighted by atomic mass is 9.34. The number of rotatable bonds is 8. The van der Waals surface area contributed by atoms with E-state index in [9.17, 15) is 15.0 Å². The minimum atomic E-state index is -0.642. The summed E-state index contributed by atoms with van der Waals surface area (Å²) in [7, 11) is 0. The molecule has 10 heteroatoms. The molecule has 3 heterocycles. The van der Waals surface area contributed by atoms with Crippen LogP contribution < -0.4 is 5.73 Å². The van der Waals surface area contributed by atoms with Crippen molar-refractivity contribution in [2.24, 2.45) is 67.8 Å². The van der Waals surface area contributed by atoms with E-state index in [1.165, 1.54) is 5.57 Å². The van der Waals surface area contributed by atoms with Gasteiger partial charge in [0, 0.05) is 34.2 Å². The number of hydrogen-bond acceptors (Lipinski definition) is 8. The van der Waals surface area contributed by atoms with Gasteiger partial charge in [0.25, 0.3) is 0 Å². The third kappa shape index (κ3) is 5.49. The molecule has 1 saturated heterocycles. The second-order valence-corrected chi connectivity index (χ2v) is 20.9. The van der Waals surface area contributed by atoms with E-state index in [2.05, 4.69) is 87.2 Å². The van der Waals surface area contributed by atoms with Gasteiger partial charge in [-0.05, 0) is 96.8 Å². The van der Waals surface area contributed by atoms with Gasteiger partial charge in [0.1, 0.15) is 6.33 Å². The van der Waals surface area contributed by atoms with Gasteiger partial charge in [0.05, 0.1) is 37.9 Å². The summed E-state index contributed by atoms with van der Waals surface area (Å²) in [5.74, 6) is 0.750. The van der Waals surface area contributed by atoms with Crippen molar-refractivity contribution in [3.8, 4) is 17.3 Å². The normalized spacial score (nSPS) is 40.8. The Morgan fingerprint density at radius 1 is 1.07 bits per heavy atom. The number of hydrogen-bond donors (Lipinski definition) is 3. The van der Waals surface area contributed by atoms with E-state index in [0.29, 0.717) is 37.5 Å². The monoisotopic (exact) mass is 746 g/mol. The summed E-state index contributed by atoms with van der Waals surface area (Å²) < 4.78 is 16.0. The van der Waals surface area contributed by atoms with Crippen LogP contribution in [-0.4, -0.2) is 67.4 Å². The van der Waals surface area contributed by atoms with Crippen molar-refractivity contribution < 1.29 is 24.5 Å². The molecular formula is C44H67N5O5. The van der Waals surface area contributed by atoms with Gasteiger partial charge in [-0.15, -0.1) is 0 Å². The number of aromatic hydroxyl groups is 1. The number of ether oxygens (including phenoxy) is 2. The summed E-state index contributed by atoms with van der Waals surface area (Å²) in [6, 6.07) is 3.30. The first kappa shape index (κ1) is 39.4. The Labute approximate surface area is 323 Å². The number of carbonyl (C=O) groups is 1. The van der Waals surface area contributed by atoms with Crippen LogP contribution in [0.4, 0.5) is 0 Å². The zero-order chi connectivity index (χ0) is 39.4. The Bertz CT molecular complexity index is 1800. The molecule has 1 aliphatic heterocycles. The molecule has 0 spiro atoms. The zero-order valence-corrected chi connectivity index (χ0v) is 34.8. The quantitative estimate of drug-likeness (QED) is 0.227. The predicted octanol–water partition coefficient (Wildman–Crippen LogP) is 8.32. The van der Waals surface area contributed by atoms with Crippen LogP contribution >= 0.6 is 0 Å². The minimum Gasteiger partial charge on any atom is -0.493 e. The smallest absolute Gasteiger partial charge is 0.307 e. The predicted molar refractivity (Wildman–Crippen MR) is 209 cm³/mol. The van der Waals surface area contributed by atoms with Gasteiger partial charge in [-0.3, -0.25) is 4.79 Å². The molecule has 10 nitrogen and oxygen atoms in total. The number of aliphatic carboxylic acids is 1. The summed E-state index contributed by atoms with van der Waals surface area (Å²) in [6.45, 7) is 26.3. The average molecular weight is 746 g/mol. The second kappa shape index (κ2) is 12.9. The SMILES string of the molecule is CC(C)[C@@H](C)[C@@]1(C)CC[C@]2(C)[C@H]3CC[C@@H]4[C@@]5(COC[C@@]4(C)[C@@H](OC[C@](C)(N)C(C)(C)C)[C@H](n4ncnc4-c4ccnc(O)c4)C5)C3=CC[C@@]2(C)[C@@H]1C(=O)O. The molecule has 12 atom stereocenters. The molecule has 4 fully saturated rings. The second-order valence-electron chi connectivity index (χ2n) is 20.9. The number of allylic oxidation sites excluding steroid dienone is 1. The Hall–Kier alpha value is -2.82. The molecule has 4 aliphatic carbocycles. The van der Waals surface area contributed by atoms with Crippen molar-refractivity contribution in [1.82, 2.24) is 19.7 Å². The molecule has 298 valence electrons. The Balaban J connectivity index is 1.36. The van der Waals surface area contributed by atoms with Crippen molar-refractivity contribution in [3.63, 3.8) is 0 Å². The fraction of sp³-hybridized carbons (Fsp3) is 0.773. The van der Waals surface area contributed by atoms with Gasteiger partial charge < -0.3 is 25.4 Å². The van der Waals surface area contributed by atoms with E-state index in [1.54, 1.807) is 18.6 Å². The van der Waals surface area contributed by atoms with Crippen LogP contribution in [0.3, 0.4) is 0 Å². The van der Waals surface area contributed by atoms with Gasteiger partial charge in [-0.25, -0.2) is 14.6 Å². The van der Waals surface area contributed by atoms with Crippen molar-refractivity contribution in [2.45, 2.75) is 132 Å². The van der Waals surface area contributed by atoms with E-state index in [-0.39, 0.29) is 56.9 Å². The average Bonchev–Trinajstić information content (AvgIpc) is 3.57. The zero-order valence-electron chi connectivity index (χ0n) is 34.8. The Morgan fingerprint density at radius 2 is 1.80 bits per heavy atom. The molecule has 2 bridgehead atoms. The molecule has 4 N–H and O–H groups in total. The number of nitrogens with zero attached hydrogens (tertiary/aromatic N) is 4. The first-order valence-electron chi connectivity index (χ1n) is 20.5. The van der Waals surface area contributed by atoms with Gasteiger partial charge in [-0.2, -0.15) is 5.10 Å². The molecule has 0 unspecified atom stereocenters. The number of carboxylic acids is 1. The standard InChI is InChI=1S/C44H67N5O5/c1-26(2)27(3)39(7)17-18-41(9)29-12-13-32-40(8)22-53-24-44(32,30(29)14-16-42(41,10)34(39)37(51)52)21-31(35(40)54-23-43(11,45)38(4,5)6)49-36(47-25-48-49)28-15-19-46-33(50)20-28/h14-15,19-20,25-27,29,31-32,34-35H,12-13,16-18,21-24,45H2,1-11H3,(H,46,50)(H,51,52)/t27-,29+,31-,32+,34-,35+,39-,40-,41-,42+,43+,44+/m1/s1. The lowest BCUT2D eigenvalue weighted by Gasteiger charge is -2.71.